The van der Waals surface area contributed by atoms with Gasteiger partial charge >= 0.3 is 0 Å². The highest BCUT2D eigenvalue weighted by molar-refractivity contribution is 7.11. The first-order chi connectivity index (χ1) is 9.45. The van der Waals surface area contributed by atoms with Crippen LogP contribution in [0.2, 0.25) is 5.02 Å². The number of aryl methyl sites for hydroxylation is 1. The maximum atomic E-state index is 11.0. The lowest BCUT2D eigenvalue weighted by Crippen LogP contribution is -2.18. The molecule has 6 heteroatoms. The first-order valence-corrected chi connectivity index (χ1v) is 7.41. The van der Waals surface area contributed by atoms with Gasteiger partial charge in [0.2, 0.25) is 0 Å². The molecule has 0 amide bonds. The third-order valence-corrected chi connectivity index (χ3v) is 4.12. The first kappa shape index (κ1) is 14.8. The van der Waals surface area contributed by atoms with Gasteiger partial charge in [0.25, 0.3) is 5.69 Å². The van der Waals surface area contributed by atoms with Crippen LogP contribution < -0.4 is 5.32 Å². The quantitative estimate of drug-likeness (QED) is 0.645. The molecule has 0 radical (unpaired) electrons. The second kappa shape index (κ2) is 6.24. The largest absolute Gasteiger partial charge is 0.377 e. The van der Waals surface area contributed by atoms with Crippen molar-refractivity contribution in [1.82, 2.24) is 0 Å². The number of halogens is 1. The predicted octanol–water partition coefficient (Wildman–Crippen LogP) is 4.66. The predicted molar refractivity (Wildman–Crippen MR) is 84.0 cm³/mol. The minimum atomic E-state index is -0.420. The highest BCUT2D eigenvalue weighted by Gasteiger charge is 2.16. The maximum Gasteiger partial charge on any atom is 0.293 e. The number of nitrogens with one attached hydrogen (secondary N) is 1. The second-order valence-corrected chi connectivity index (χ2v) is 6.49. The van der Waals surface area contributed by atoms with E-state index in [0.717, 1.165) is 6.42 Å². The van der Waals surface area contributed by atoms with E-state index in [1.165, 1.54) is 15.8 Å². The fourth-order valence-electron chi connectivity index (χ4n) is 1.99. The SMILES string of the molecule is Cc1ccc(CC(C)Nc2ccc(Cl)cc2[N+](=O)[O-])s1. The van der Waals surface area contributed by atoms with Gasteiger partial charge in [0.1, 0.15) is 5.69 Å². The standard InChI is InChI=1S/C14H15ClN2O2S/c1-9(7-12-5-3-10(2)20-12)16-13-6-4-11(15)8-14(13)17(18)19/h3-6,8-9,16H,7H2,1-2H3. The van der Waals surface area contributed by atoms with E-state index in [1.54, 1.807) is 23.5 Å². The number of hydrogen-bond donors (Lipinski definition) is 1. The van der Waals surface area contributed by atoms with E-state index in [-0.39, 0.29) is 11.7 Å². The molecule has 0 aliphatic rings. The van der Waals surface area contributed by atoms with Crippen LogP contribution in [0.5, 0.6) is 0 Å². The van der Waals surface area contributed by atoms with E-state index in [1.807, 2.05) is 6.92 Å². The smallest absolute Gasteiger partial charge is 0.293 e. The summed E-state index contributed by atoms with van der Waals surface area (Å²) in [4.78, 5) is 13.1. The molecule has 2 rings (SSSR count). The molecule has 1 unspecified atom stereocenters. The van der Waals surface area contributed by atoms with Gasteiger partial charge in [-0.3, -0.25) is 10.1 Å². The number of nitro benzene ring substituents is 1. The van der Waals surface area contributed by atoms with Crippen molar-refractivity contribution in [2.75, 3.05) is 5.32 Å². The van der Waals surface area contributed by atoms with Crippen molar-refractivity contribution < 1.29 is 4.92 Å². The molecule has 1 aromatic carbocycles. The van der Waals surface area contributed by atoms with Crippen molar-refractivity contribution in [3.8, 4) is 0 Å². The van der Waals surface area contributed by atoms with E-state index in [0.29, 0.717) is 10.7 Å². The molecule has 4 nitrogen and oxygen atoms in total. The summed E-state index contributed by atoms with van der Waals surface area (Å²) in [7, 11) is 0. The van der Waals surface area contributed by atoms with Gasteiger partial charge in [0.05, 0.1) is 4.92 Å². The Kier molecular flexibility index (Phi) is 4.62. The van der Waals surface area contributed by atoms with E-state index in [9.17, 15) is 10.1 Å². The number of thiophene rings is 1. The molecule has 0 saturated heterocycles. The fraction of sp³-hybridized carbons (Fsp3) is 0.286. The zero-order chi connectivity index (χ0) is 14.7. The Bertz CT molecular complexity index is 627. The average Bonchev–Trinajstić information content (AvgIpc) is 2.76. The van der Waals surface area contributed by atoms with Gasteiger partial charge in [0.15, 0.2) is 0 Å². The fourth-order valence-corrected chi connectivity index (χ4v) is 3.18. The lowest BCUT2D eigenvalue weighted by atomic mass is 10.2. The molecule has 1 atom stereocenters. The Morgan fingerprint density at radius 2 is 2.15 bits per heavy atom. The number of benzene rings is 1. The molecule has 1 N–H and O–H groups in total. The van der Waals surface area contributed by atoms with Gasteiger partial charge in [-0.25, -0.2) is 0 Å². The summed E-state index contributed by atoms with van der Waals surface area (Å²) in [5, 5.41) is 14.6. The van der Waals surface area contributed by atoms with E-state index in [4.69, 9.17) is 11.6 Å². The zero-order valence-electron chi connectivity index (χ0n) is 11.2. The molecule has 0 bridgehead atoms. The highest BCUT2D eigenvalue weighted by atomic mass is 35.5. The Labute approximate surface area is 126 Å². The summed E-state index contributed by atoms with van der Waals surface area (Å²) in [6, 6.07) is 8.95. The van der Waals surface area contributed by atoms with E-state index < -0.39 is 4.92 Å². The summed E-state index contributed by atoms with van der Waals surface area (Å²) in [6.07, 6.45) is 0.832. The third-order valence-electron chi connectivity index (χ3n) is 2.86. The van der Waals surface area contributed by atoms with Crippen molar-refractivity contribution in [2.45, 2.75) is 26.3 Å². The molecule has 0 saturated carbocycles. The van der Waals surface area contributed by atoms with Crippen molar-refractivity contribution in [2.24, 2.45) is 0 Å². The summed E-state index contributed by atoms with van der Waals surface area (Å²) in [6.45, 7) is 4.07. The molecule has 0 aliphatic heterocycles. The summed E-state index contributed by atoms with van der Waals surface area (Å²) in [5.74, 6) is 0. The van der Waals surface area contributed by atoms with Crippen molar-refractivity contribution in [3.05, 3.63) is 55.2 Å². The second-order valence-electron chi connectivity index (χ2n) is 4.68. The minimum absolute atomic E-state index is 0.00621. The first-order valence-electron chi connectivity index (χ1n) is 6.21. The van der Waals surface area contributed by atoms with Crippen LogP contribution >= 0.6 is 22.9 Å². The average molecular weight is 311 g/mol. The molecule has 106 valence electrons. The number of anilines is 1. The monoisotopic (exact) mass is 310 g/mol. The molecule has 0 spiro atoms. The number of nitrogens with zero attached hydrogens (tertiary/aromatic N) is 1. The molecule has 1 aromatic heterocycles. The van der Waals surface area contributed by atoms with Gasteiger partial charge in [-0.2, -0.15) is 0 Å². The molecule has 1 heterocycles. The van der Waals surface area contributed by atoms with Crippen LogP contribution in [-0.2, 0) is 6.42 Å². The zero-order valence-corrected chi connectivity index (χ0v) is 12.8. The third kappa shape index (κ3) is 3.71. The van der Waals surface area contributed by atoms with Crippen LogP contribution in [0, 0.1) is 17.0 Å². The summed E-state index contributed by atoms with van der Waals surface area (Å²) >= 11 is 7.54. The Morgan fingerprint density at radius 3 is 2.75 bits per heavy atom. The van der Waals surface area contributed by atoms with Gasteiger partial charge in [-0.15, -0.1) is 11.3 Å². The Morgan fingerprint density at radius 1 is 1.40 bits per heavy atom. The minimum Gasteiger partial charge on any atom is -0.377 e. The van der Waals surface area contributed by atoms with Crippen molar-refractivity contribution in [1.29, 1.82) is 0 Å². The number of rotatable bonds is 5. The van der Waals surface area contributed by atoms with Crippen LogP contribution in [0.1, 0.15) is 16.7 Å². The summed E-state index contributed by atoms with van der Waals surface area (Å²) in [5.41, 5.74) is 0.506. The number of nitro groups is 1. The molecule has 20 heavy (non-hydrogen) atoms. The van der Waals surface area contributed by atoms with Crippen LogP contribution in [0.3, 0.4) is 0 Å². The topological polar surface area (TPSA) is 55.2 Å². The van der Waals surface area contributed by atoms with Crippen LogP contribution in [0.15, 0.2) is 30.3 Å². The molecule has 0 aliphatic carbocycles. The number of hydrogen-bond acceptors (Lipinski definition) is 4. The maximum absolute atomic E-state index is 11.0. The lowest BCUT2D eigenvalue weighted by molar-refractivity contribution is -0.384. The molecular formula is C14H15ClN2O2S. The molecular weight excluding hydrogens is 296 g/mol. The Hall–Kier alpha value is -1.59. The van der Waals surface area contributed by atoms with Gasteiger partial charge in [0, 0.05) is 33.3 Å². The van der Waals surface area contributed by atoms with E-state index in [2.05, 4.69) is 24.4 Å². The van der Waals surface area contributed by atoms with Gasteiger partial charge in [-0.05, 0) is 38.1 Å². The molecule has 2 aromatic rings. The van der Waals surface area contributed by atoms with Gasteiger partial charge < -0.3 is 5.32 Å². The molecule has 0 fully saturated rings. The van der Waals surface area contributed by atoms with E-state index >= 15 is 0 Å². The van der Waals surface area contributed by atoms with Crippen LogP contribution in [-0.4, -0.2) is 11.0 Å². The normalized spacial score (nSPS) is 12.2. The van der Waals surface area contributed by atoms with Gasteiger partial charge in [-0.1, -0.05) is 11.6 Å². The Balaban J connectivity index is 2.11. The summed E-state index contributed by atoms with van der Waals surface area (Å²) < 4.78 is 0. The van der Waals surface area contributed by atoms with Crippen LogP contribution in [0.25, 0.3) is 0 Å². The van der Waals surface area contributed by atoms with Crippen molar-refractivity contribution >= 4 is 34.3 Å². The highest BCUT2D eigenvalue weighted by Crippen LogP contribution is 2.29. The van der Waals surface area contributed by atoms with Crippen LogP contribution in [0.4, 0.5) is 11.4 Å². The van der Waals surface area contributed by atoms with Crippen molar-refractivity contribution in [3.63, 3.8) is 0 Å². The lowest BCUT2D eigenvalue weighted by Gasteiger charge is -2.14.